The Labute approximate surface area is 135 Å². The number of benzene rings is 2. The number of hydrogen-bond acceptors (Lipinski definition) is 4. The van der Waals surface area contributed by atoms with Gasteiger partial charge in [0.05, 0.1) is 13.7 Å². The van der Waals surface area contributed by atoms with Crippen molar-refractivity contribution in [1.29, 1.82) is 0 Å². The van der Waals surface area contributed by atoms with Crippen LogP contribution in [0.15, 0.2) is 53.5 Å². The molecule has 5 heteroatoms. The highest BCUT2D eigenvalue weighted by atomic mass is 32.2. The number of para-hydroxylation sites is 2. The van der Waals surface area contributed by atoms with Crippen LogP contribution in [-0.2, 0) is 0 Å². The van der Waals surface area contributed by atoms with Crippen molar-refractivity contribution >= 4 is 22.6 Å². The molecule has 4 nitrogen and oxygen atoms in total. The van der Waals surface area contributed by atoms with E-state index in [1.54, 1.807) is 7.11 Å². The van der Waals surface area contributed by atoms with Gasteiger partial charge in [0.15, 0.2) is 5.17 Å². The summed E-state index contributed by atoms with van der Waals surface area (Å²) in [4.78, 5) is 4.37. The Balaban J connectivity index is 1.82. The van der Waals surface area contributed by atoms with Gasteiger partial charge in [-0.1, -0.05) is 36.0 Å². The molecule has 0 unspecified atom stereocenters. The summed E-state index contributed by atoms with van der Waals surface area (Å²) in [7, 11) is 1.62. The van der Waals surface area contributed by atoms with Crippen LogP contribution in [0.2, 0.25) is 0 Å². The van der Waals surface area contributed by atoms with E-state index in [2.05, 4.69) is 4.99 Å². The van der Waals surface area contributed by atoms with Gasteiger partial charge in [0.2, 0.25) is 0 Å². The zero-order valence-corrected chi connectivity index (χ0v) is 13.6. The zero-order valence-electron chi connectivity index (χ0n) is 12.8. The first-order valence-corrected chi connectivity index (χ1v) is 7.97. The number of nitrogens with two attached hydrogens (primary N) is 1. The van der Waals surface area contributed by atoms with Crippen LogP contribution in [0.1, 0.15) is 5.56 Å². The van der Waals surface area contributed by atoms with Crippen molar-refractivity contribution in [2.45, 2.75) is 6.92 Å². The molecule has 116 valence electrons. The predicted octanol–water partition coefficient (Wildman–Crippen LogP) is 3.76. The number of aryl methyl sites for hydroxylation is 1. The number of hydrogen-bond donors (Lipinski definition) is 1. The van der Waals surface area contributed by atoms with E-state index in [0.29, 0.717) is 17.5 Å². The van der Waals surface area contributed by atoms with Gasteiger partial charge >= 0.3 is 0 Å². The molecule has 0 atom stereocenters. The standard InChI is InChI=1S/C17H20N2O2S/c1-13-6-5-7-14(12-13)21-10-11-22-17(18)19-15-8-3-4-9-16(15)20-2/h3-9,12H,10-11H2,1-2H3,(H2,18,19). The minimum absolute atomic E-state index is 0.498. The number of rotatable bonds is 6. The van der Waals surface area contributed by atoms with E-state index in [1.807, 2.05) is 55.5 Å². The second kappa shape index (κ2) is 8.34. The summed E-state index contributed by atoms with van der Waals surface area (Å²) in [5.41, 5.74) is 7.85. The largest absolute Gasteiger partial charge is 0.494 e. The van der Waals surface area contributed by atoms with E-state index in [9.17, 15) is 0 Å². The average molecular weight is 316 g/mol. The van der Waals surface area contributed by atoms with Crippen LogP contribution in [0.4, 0.5) is 5.69 Å². The number of amidine groups is 1. The van der Waals surface area contributed by atoms with E-state index < -0.39 is 0 Å². The van der Waals surface area contributed by atoms with E-state index in [0.717, 1.165) is 17.2 Å². The van der Waals surface area contributed by atoms with Crippen LogP contribution >= 0.6 is 11.8 Å². The highest BCUT2D eigenvalue weighted by Gasteiger charge is 2.02. The summed E-state index contributed by atoms with van der Waals surface area (Å²) in [5, 5.41) is 0.498. The number of nitrogens with zero attached hydrogens (tertiary/aromatic N) is 1. The quantitative estimate of drug-likeness (QED) is 0.501. The number of aliphatic imine (C=N–C) groups is 1. The number of ether oxygens (including phenoxy) is 2. The molecule has 0 fully saturated rings. The third-order valence-electron chi connectivity index (χ3n) is 2.91. The zero-order chi connectivity index (χ0) is 15.8. The summed E-state index contributed by atoms with van der Waals surface area (Å²) in [6, 6.07) is 15.5. The van der Waals surface area contributed by atoms with Crippen LogP contribution in [-0.4, -0.2) is 24.6 Å². The number of thioether (sulfide) groups is 1. The van der Waals surface area contributed by atoms with Gasteiger partial charge in [-0.2, -0.15) is 0 Å². The Kier molecular flexibility index (Phi) is 6.15. The maximum Gasteiger partial charge on any atom is 0.159 e. The summed E-state index contributed by atoms with van der Waals surface area (Å²) in [6.45, 7) is 2.62. The Hall–Kier alpha value is -2.14. The molecule has 2 N–H and O–H groups in total. The van der Waals surface area contributed by atoms with Gasteiger partial charge in [-0.15, -0.1) is 0 Å². The van der Waals surface area contributed by atoms with Crippen LogP contribution < -0.4 is 15.2 Å². The van der Waals surface area contributed by atoms with E-state index in [-0.39, 0.29) is 0 Å². The Bertz CT molecular complexity index is 644. The van der Waals surface area contributed by atoms with Crippen molar-refractivity contribution in [2.24, 2.45) is 10.7 Å². The molecule has 2 aromatic rings. The summed E-state index contributed by atoms with van der Waals surface area (Å²) in [6.07, 6.45) is 0. The average Bonchev–Trinajstić information content (AvgIpc) is 2.52. The predicted molar refractivity (Wildman–Crippen MR) is 93.4 cm³/mol. The second-order valence-corrected chi connectivity index (χ2v) is 5.75. The van der Waals surface area contributed by atoms with E-state index in [1.165, 1.54) is 17.3 Å². The molecular formula is C17H20N2O2S. The first kappa shape index (κ1) is 16.2. The normalized spacial score (nSPS) is 11.3. The van der Waals surface area contributed by atoms with Crippen LogP contribution in [0.3, 0.4) is 0 Å². The molecule has 0 heterocycles. The highest BCUT2D eigenvalue weighted by molar-refractivity contribution is 8.13. The molecular weight excluding hydrogens is 296 g/mol. The van der Waals surface area contributed by atoms with Crippen molar-refractivity contribution in [3.63, 3.8) is 0 Å². The lowest BCUT2D eigenvalue weighted by Gasteiger charge is -2.07. The molecule has 0 bridgehead atoms. The number of methoxy groups -OCH3 is 1. The van der Waals surface area contributed by atoms with Gasteiger partial charge in [-0.05, 0) is 36.8 Å². The highest BCUT2D eigenvalue weighted by Crippen LogP contribution is 2.27. The molecule has 0 saturated carbocycles. The molecule has 0 aromatic heterocycles. The van der Waals surface area contributed by atoms with Gasteiger partial charge < -0.3 is 15.2 Å². The Morgan fingerprint density at radius 1 is 1.18 bits per heavy atom. The smallest absolute Gasteiger partial charge is 0.159 e. The van der Waals surface area contributed by atoms with Crippen LogP contribution in [0.5, 0.6) is 11.5 Å². The molecule has 0 aliphatic rings. The van der Waals surface area contributed by atoms with E-state index >= 15 is 0 Å². The maximum absolute atomic E-state index is 5.93. The second-order valence-electron chi connectivity index (χ2n) is 4.64. The summed E-state index contributed by atoms with van der Waals surface area (Å²) in [5.74, 6) is 2.32. The Morgan fingerprint density at radius 3 is 2.77 bits per heavy atom. The first-order valence-electron chi connectivity index (χ1n) is 6.98. The van der Waals surface area contributed by atoms with Crippen molar-refractivity contribution < 1.29 is 9.47 Å². The lowest BCUT2D eigenvalue weighted by atomic mass is 10.2. The third-order valence-corrected chi connectivity index (χ3v) is 3.67. The van der Waals surface area contributed by atoms with Crippen molar-refractivity contribution in [3.05, 3.63) is 54.1 Å². The molecule has 0 aliphatic heterocycles. The topological polar surface area (TPSA) is 56.8 Å². The first-order chi connectivity index (χ1) is 10.7. The summed E-state index contributed by atoms with van der Waals surface area (Å²) >= 11 is 1.46. The lowest BCUT2D eigenvalue weighted by Crippen LogP contribution is -2.10. The van der Waals surface area contributed by atoms with E-state index in [4.69, 9.17) is 15.2 Å². The minimum atomic E-state index is 0.498. The molecule has 0 amide bonds. The summed E-state index contributed by atoms with van der Waals surface area (Å²) < 4.78 is 10.9. The minimum Gasteiger partial charge on any atom is -0.494 e. The van der Waals surface area contributed by atoms with Gasteiger partial charge in [0.25, 0.3) is 0 Å². The molecule has 2 aromatic carbocycles. The van der Waals surface area contributed by atoms with Gasteiger partial charge in [0, 0.05) is 5.75 Å². The molecule has 22 heavy (non-hydrogen) atoms. The third kappa shape index (κ3) is 5.00. The van der Waals surface area contributed by atoms with Crippen molar-refractivity contribution in [2.75, 3.05) is 19.5 Å². The monoisotopic (exact) mass is 316 g/mol. The fraction of sp³-hybridized carbons (Fsp3) is 0.235. The Morgan fingerprint density at radius 2 is 2.00 bits per heavy atom. The molecule has 0 aliphatic carbocycles. The lowest BCUT2D eigenvalue weighted by molar-refractivity contribution is 0.344. The van der Waals surface area contributed by atoms with Gasteiger partial charge in [-0.25, -0.2) is 4.99 Å². The molecule has 0 saturated heterocycles. The van der Waals surface area contributed by atoms with Gasteiger partial charge in [-0.3, -0.25) is 0 Å². The van der Waals surface area contributed by atoms with Crippen molar-refractivity contribution in [3.8, 4) is 11.5 Å². The fourth-order valence-electron chi connectivity index (χ4n) is 1.88. The fourth-order valence-corrected chi connectivity index (χ4v) is 2.42. The van der Waals surface area contributed by atoms with Gasteiger partial charge in [0.1, 0.15) is 17.2 Å². The molecule has 0 spiro atoms. The van der Waals surface area contributed by atoms with Crippen molar-refractivity contribution in [1.82, 2.24) is 0 Å². The molecule has 2 rings (SSSR count). The molecule has 0 radical (unpaired) electrons. The maximum atomic E-state index is 5.93. The van der Waals surface area contributed by atoms with Crippen LogP contribution in [0.25, 0.3) is 0 Å². The SMILES string of the molecule is COc1ccccc1N=C(N)SCCOc1cccc(C)c1. The van der Waals surface area contributed by atoms with Crippen LogP contribution in [0, 0.1) is 6.92 Å².